The van der Waals surface area contributed by atoms with Gasteiger partial charge in [-0.2, -0.15) is 0 Å². The van der Waals surface area contributed by atoms with Crippen LogP contribution in [0.2, 0.25) is 0 Å². The molecule has 2 N–H and O–H groups in total. The molecule has 1 aromatic rings. The molecule has 17 heavy (non-hydrogen) atoms. The van der Waals surface area contributed by atoms with Crippen LogP contribution in [-0.2, 0) is 6.54 Å². The standard InChI is InChI=1S/C15H23NO/c1-12(2)14-5-3-13(4-6-14)11-16-9-7-15(17)8-10-16/h3-6,12,15,17H,7-11H2,1-2H3/p+1. The van der Waals surface area contributed by atoms with Gasteiger partial charge in [0.2, 0.25) is 0 Å². The van der Waals surface area contributed by atoms with Gasteiger partial charge in [-0.1, -0.05) is 38.1 Å². The van der Waals surface area contributed by atoms with E-state index in [-0.39, 0.29) is 6.10 Å². The number of nitrogens with one attached hydrogen (secondary N) is 1. The molecule has 1 heterocycles. The summed E-state index contributed by atoms with van der Waals surface area (Å²) in [5.74, 6) is 0.613. The van der Waals surface area contributed by atoms with Crippen molar-refractivity contribution in [2.24, 2.45) is 0 Å². The van der Waals surface area contributed by atoms with Crippen LogP contribution >= 0.6 is 0 Å². The highest BCUT2D eigenvalue weighted by atomic mass is 16.3. The van der Waals surface area contributed by atoms with Gasteiger partial charge in [0.25, 0.3) is 0 Å². The summed E-state index contributed by atoms with van der Waals surface area (Å²) in [7, 11) is 0. The van der Waals surface area contributed by atoms with E-state index in [9.17, 15) is 5.11 Å². The summed E-state index contributed by atoms with van der Waals surface area (Å²) in [5, 5.41) is 9.48. The SMILES string of the molecule is CC(C)c1ccc(C[NH+]2CCC(O)CC2)cc1. The number of hydrogen-bond acceptors (Lipinski definition) is 1. The lowest BCUT2D eigenvalue weighted by atomic mass is 10.0. The van der Waals surface area contributed by atoms with Crippen molar-refractivity contribution in [3.8, 4) is 0 Å². The predicted molar refractivity (Wildman–Crippen MR) is 70.2 cm³/mol. The Morgan fingerprint density at radius 1 is 1.18 bits per heavy atom. The Balaban J connectivity index is 1.90. The van der Waals surface area contributed by atoms with Crippen molar-refractivity contribution in [2.75, 3.05) is 13.1 Å². The Bertz CT molecular complexity index is 336. The molecule has 2 nitrogen and oxygen atoms in total. The maximum Gasteiger partial charge on any atom is 0.103 e. The molecule has 1 aliphatic heterocycles. The normalized spacial score (nSPS) is 25.2. The minimum absolute atomic E-state index is 0.0536. The molecule has 0 aromatic heterocycles. The van der Waals surface area contributed by atoms with Crippen LogP contribution in [0.15, 0.2) is 24.3 Å². The van der Waals surface area contributed by atoms with Gasteiger partial charge in [0, 0.05) is 18.4 Å². The van der Waals surface area contributed by atoms with Crippen LogP contribution in [0.4, 0.5) is 0 Å². The van der Waals surface area contributed by atoms with Crippen LogP contribution in [0.3, 0.4) is 0 Å². The number of hydrogen-bond donors (Lipinski definition) is 2. The van der Waals surface area contributed by atoms with Crippen molar-refractivity contribution in [1.29, 1.82) is 0 Å². The molecule has 0 radical (unpaired) electrons. The number of aliphatic hydroxyl groups is 1. The first-order valence-electron chi connectivity index (χ1n) is 6.75. The van der Waals surface area contributed by atoms with E-state index in [1.807, 2.05) is 0 Å². The molecular formula is C15H24NO+. The molecule has 0 aliphatic carbocycles. The first kappa shape index (κ1) is 12.6. The smallest absolute Gasteiger partial charge is 0.103 e. The molecule has 1 aliphatic rings. The molecule has 1 aromatic carbocycles. The zero-order valence-corrected chi connectivity index (χ0v) is 10.9. The fraction of sp³-hybridized carbons (Fsp3) is 0.600. The van der Waals surface area contributed by atoms with Gasteiger partial charge in [-0.25, -0.2) is 0 Å². The molecule has 1 fully saturated rings. The van der Waals surface area contributed by atoms with Gasteiger partial charge in [-0.3, -0.25) is 0 Å². The highest BCUT2D eigenvalue weighted by Gasteiger charge is 2.19. The highest BCUT2D eigenvalue weighted by Crippen LogP contribution is 2.14. The maximum atomic E-state index is 9.48. The van der Waals surface area contributed by atoms with Gasteiger partial charge in [0.15, 0.2) is 0 Å². The lowest BCUT2D eigenvalue weighted by molar-refractivity contribution is -0.919. The molecule has 0 spiro atoms. The van der Waals surface area contributed by atoms with Crippen LogP contribution in [0.5, 0.6) is 0 Å². The molecule has 94 valence electrons. The molecule has 2 rings (SSSR count). The number of benzene rings is 1. The fourth-order valence-corrected chi connectivity index (χ4v) is 2.50. The van der Waals surface area contributed by atoms with Crippen LogP contribution in [0, 0.1) is 0 Å². The third kappa shape index (κ3) is 3.55. The third-order valence-corrected chi connectivity index (χ3v) is 3.76. The second kappa shape index (κ2) is 5.65. The zero-order valence-electron chi connectivity index (χ0n) is 10.9. The number of quaternary nitrogens is 1. The lowest BCUT2D eigenvalue weighted by Crippen LogP contribution is -3.12. The average molecular weight is 234 g/mol. The number of rotatable bonds is 3. The summed E-state index contributed by atoms with van der Waals surface area (Å²) in [6.45, 7) is 7.77. The average Bonchev–Trinajstić information content (AvgIpc) is 2.33. The Morgan fingerprint density at radius 2 is 1.76 bits per heavy atom. The van der Waals surface area contributed by atoms with Crippen LogP contribution < -0.4 is 4.90 Å². The van der Waals surface area contributed by atoms with Crippen molar-refractivity contribution in [2.45, 2.75) is 45.3 Å². The Morgan fingerprint density at radius 3 is 2.29 bits per heavy atom. The van der Waals surface area contributed by atoms with E-state index < -0.39 is 0 Å². The maximum absolute atomic E-state index is 9.48. The number of likely N-dealkylation sites (tertiary alicyclic amines) is 1. The first-order valence-corrected chi connectivity index (χ1v) is 6.75. The van der Waals surface area contributed by atoms with Crippen LogP contribution in [0.1, 0.15) is 43.7 Å². The molecular weight excluding hydrogens is 210 g/mol. The lowest BCUT2D eigenvalue weighted by Gasteiger charge is -2.26. The summed E-state index contributed by atoms with van der Waals surface area (Å²) in [5.41, 5.74) is 2.83. The van der Waals surface area contributed by atoms with E-state index in [4.69, 9.17) is 0 Å². The molecule has 0 bridgehead atoms. The van der Waals surface area contributed by atoms with Crippen molar-refractivity contribution < 1.29 is 10.0 Å². The Hall–Kier alpha value is -0.860. The summed E-state index contributed by atoms with van der Waals surface area (Å²) < 4.78 is 0. The summed E-state index contributed by atoms with van der Waals surface area (Å²) in [4.78, 5) is 1.60. The monoisotopic (exact) mass is 234 g/mol. The van der Waals surface area contributed by atoms with Gasteiger partial charge in [0.05, 0.1) is 19.2 Å². The first-order chi connectivity index (χ1) is 8.15. The zero-order chi connectivity index (χ0) is 12.3. The summed E-state index contributed by atoms with van der Waals surface area (Å²) >= 11 is 0. The molecule has 0 amide bonds. The molecule has 2 heteroatoms. The van der Waals surface area contributed by atoms with Crippen molar-refractivity contribution in [3.63, 3.8) is 0 Å². The molecule has 0 atom stereocenters. The van der Waals surface area contributed by atoms with Crippen molar-refractivity contribution in [1.82, 2.24) is 0 Å². The second-order valence-corrected chi connectivity index (χ2v) is 5.55. The van der Waals surface area contributed by atoms with Gasteiger partial charge in [-0.05, 0) is 11.5 Å². The topological polar surface area (TPSA) is 24.7 Å². The number of piperidine rings is 1. The largest absolute Gasteiger partial charge is 0.393 e. The van der Waals surface area contributed by atoms with E-state index in [0.29, 0.717) is 5.92 Å². The van der Waals surface area contributed by atoms with Crippen LogP contribution in [0.25, 0.3) is 0 Å². The summed E-state index contributed by atoms with van der Waals surface area (Å²) in [6.07, 6.45) is 1.86. The highest BCUT2D eigenvalue weighted by molar-refractivity contribution is 5.24. The molecule has 0 unspecified atom stereocenters. The molecule has 0 saturated carbocycles. The van der Waals surface area contributed by atoms with Crippen molar-refractivity contribution in [3.05, 3.63) is 35.4 Å². The van der Waals surface area contributed by atoms with E-state index in [1.165, 1.54) is 11.1 Å². The van der Waals surface area contributed by atoms with E-state index in [0.717, 1.165) is 32.5 Å². The van der Waals surface area contributed by atoms with Crippen LogP contribution in [-0.4, -0.2) is 24.3 Å². The van der Waals surface area contributed by atoms with Crippen molar-refractivity contribution >= 4 is 0 Å². The summed E-state index contributed by atoms with van der Waals surface area (Å²) in [6, 6.07) is 9.01. The van der Waals surface area contributed by atoms with E-state index in [1.54, 1.807) is 4.90 Å². The van der Waals surface area contributed by atoms with E-state index >= 15 is 0 Å². The predicted octanol–water partition coefficient (Wildman–Crippen LogP) is 1.35. The Kier molecular flexibility index (Phi) is 4.19. The third-order valence-electron chi connectivity index (χ3n) is 3.76. The van der Waals surface area contributed by atoms with Gasteiger partial charge >= 0.3 is 0 Å². The van der Waals surface area contributed by atoms with Gasteiger partial charge < -0.3 is 10.0 Å². The van der Waals surface area contributed by atoms with Gasteiger partial charge in [0.1, 0.15) is 6.54 Å². The fourth-order valence-electron chi connectivity index (χ4n) is 2.50. The molecule has 1 saturated heterocycles. The minimum Gasteiger partial charge on any atom is -0.393 e. The number of aliphatic hydroxyl groups excluding tert-OH is 1. The van der Waals surface area contributed by atoms with Gasteiger partial charge in [-0.15, -0.1) is 0 Å². The second-order valence-electron chi connectivity index (χ2n) is 5.55. The minimum atomic E-state index is -0.0536. The van der Waals surface area contributed by atoms with E-state index in [2.05, 4.69) is 38.1 Å². The quantitative estimate of drug-likeness (QED) is 0.811. The Labute approximate surface area is 104 Å².